The van der Waals surface area contributed by atoms with Crippen LogP contribution in [0.5, 0.6) is 5.75 Å². The molecule has 0 aliphatic rings. The molecular weight excluding hydrogens is 275 g/mol. The zero-order valence-electron chi connectivity index (χ0n) is 11.1. The number of ether oxygens (including phenoxy) is 2. The molecule has 0 amide bonds. The maximum Gasteiger partial charge on any atom is 0.573 e. The number of nitrogens with zero attached hydrogens (tertiary/aromatic N) is 1. The van der Waals surface area contributed by atoms with Crippen LogP contribution in [0.3, 0.4) is 0 Å². The lowest BCUT2D eigenvalue weighted by molar-refractivity contribution is -0.274. The summed E-state index contributed by atoms with van der Waals surface area (Å²) < 4.78 is 44.7. The Morgan fingerprint density at radius 1 is 1.35 bits per heavy atom. The van der Waals surface area contributed by atoms with E-state index >= 15 is 0 Å². The number of benzene rings is 1. The summed E-state index contributed by atoms with van der Waals surface area (Å²) in [5.74, 6) is -0.148. The van der Waals surface area contributed by atoms with Gasteiger partial charge in [-0.3, -0.25) is 4.99 Å². The second-order valence-electron chi connectivity index (χ2n) is 3.97. The molecule has 0 aromatic heterocycles. The molecule has 0 aliphatic heterocycles. The van der Waals surface area contributed by atoms with Crippen molar-refractivity contribution in [2.45, 2.75) is 19.4 Å². The van der Waals surface area contributed by atoms with Gasteiger partial charge in [-0.25, -0.2) is 0 Å². The fourth-order valence-corrected chi connectivity index (χ4v) is 1.23. The Morgan fingerprint density at radius 2 is 1.95 bits per heavy atom. The average Bonchev–Trinajstić information content (AvgIpc) is 2.36. The monoisotopic (exact) mass is 291 g/mol. The van der Waals surface area contributed by atoms with E-state index in [9.17, 15) is 13.2 Å². The van der Waals surface area contributed by atoms with Crippen molar-refractivity contribution < 1.29 is 22.6 Å². The van der Waals surface area contributed by atoms with Crippen molar-refractivity contribution >= 4 is 11.6 Å². The van der Waals surface area contributed by atoms with E-state index in [1.54, 1.807) is 7.11 Å². The molecule has 0 fully saturated rings. The van der Waals surface area contributed by atoms with Gasteiger partial charge in [-0.05, 0) is 31.2 Å². The third kappa shape index (κ3) is 6.28. The first-order valence-electron chi connectivity index (χ1n) is 5.75. The summed E-state index contributed by atoms with van der Waals surface area (Å²) in [5.41, 5.74) is 6.13. The van der Waals surface area contributed by atoms with Crippen molar-refractivity contribution in [1.82, 2.24) is 0 Å². The average molecular weight is 291 g/mol. The van der Waals surface area contributed by atoms with Gasteiger partial charge >= 0.3 is 6.36 Å². The van der Waals surface area contributed by atoms with Crippen molar-refractivity contribution in [3.63, 3.8) is 0 Å². The van der Waals surface area contributed by atoms with Crippen LogP contribution in [0.25, 0.3) is 0 Å². The van der Waals surface area contributed by atoms with E-state index in [1.807, 2.05) is 6.92 Å². The van der Waals surface area contributed by atoms with E-state index in [0.717, 1.165) is 0 Å². The molecule has 0 heterocycles. The van der Waals surface area contributed by atoms with Crippen molar-refractivity contribution in [3.05, 3.63) is 24.3 Å². The molecule has 1 aromatic carbocycles. The zero-order chi connectivity index (χ0) is 15.2. The Morgan fingerprint density at radius 3 is 2.45 bits per heavy atom. The fourth-order valence-electron chi connectivity index (χ4n) is 1.23. The first-order chi connectivity index (χ1) is 9.30. The van der Waals surface area contributed by atoms with E-state index in [2.05, 4.69) is 15.0 Å². The van der Waals surface area contributed by atoms with Crippen LogP contribution < -0.4 is 15.8 Å². The summed E-state index contributed by atoms with van der Waals surface area (Å²) in [4.78, 5) is 4.02. The van der Waals surface area contributed by atoms with Crippen molar-refractivity contribution in [2.75, 3.05) is 19.0 Å². The van der Waals surface area contributed by atoms with Crippen molar-refractivity contribution in [2.24, 2.45) is 10.7 Å². The summed E-state index contributed by atoms with van der Waals surface area (Å²) in [7, 11) is 1.56. The molecule has 0 bridgehead atoms. The molecule has 0 saturated heterocycles. The number of rotatable bonds is 5. The second kappa shape index (κ2) is 6.99. The Bertz CT molecular complexity index is 446. The van der Waals surface area contributed by atoms with Gasteiger partial charge in [-0.2, -0.15) is 0 Å². The Kier molecular flexibility index (Phi) is 5.63. The van der Waals surface area contributed by atoms with Crippen molar-refractivity contribution in [1.29, 1.82) is 0 Å². The van der Waals surface area contributed by atoms with Crippen LogP contribution in [-0.2, 0) is 4.74 Å². The van der Waals surface area contributed by atoms with Gasteiger partial charge < -0.3 is 20.5 Å². The number of hydrogen-bond donors (Lipinski definition) is 2. The predicted octanol–water partition coefficient (Wildman–Crippen LogP) is 2.35. The lowest BCUT2D eigenvalue weighted by Gasteiger charge is -2.10. The third-order valence-electron chi connectivity index (χ3n) is 2.28. The second-order valence-corrected chi connectivity index (χ2v) is 3.97. The SMILES string of the molecule is CO[C@H](C)CN=C(N)Nc1ccc(OC(F)(F)F)cc1. The summed E-state index contributed by atoms with van der Waals surface area (Å²) >= 11 is 0. The normalized spacial score (nSPS) is 13.9. The van der Waals surface area contributed by atoms with Crippen LogP contribution in [-0.4, -0.2) is 32.1 Å². The van der Waals surface area contributed by atoms with Gasteiger partial charge in [0, 0.05) is 12.8 Å². The van der Waals surface area contributed by atoms with E-state index < -0.39 is 6.36 Å². The lowest BCUT2D eigenvalue weighted by atomic mass is 10.3. The number of hydrogen-bond acceptors (Lipinski definition) is 3. The van der Waals surface area contributed by atoms with Gasteiger partial charge in [0.25, 0.3) is 0 Å². The van der Waals surface area contributed by atoms with E-state index in [0.29, 0.717) is 12.2 Å². The van der Waals surface area contributed by atoms with Gasteiger partial charge in [0.15, 0.2) is 5.96 Å². The lowest BCUT2D eigenvalue weighted by Crippen LogP contribution is -2.24. The summed E-state index contributed by atoms with van der Waals surface area (Å²) in [5, 5.41) is 2.75. The minimum Gasteiger partial charge on any atom is -0.406 e. The van der Waals surface area contributed by atoms with Crippen LogP contribution in [0.15, 0.2) is 29.3 Å². The molecule has 1 aromatic rings. The van der Waals surface area contributed by atoms with E-state index in [1.165, 1.54) is 24.3 Å². The van der Waals surface area contributed by atoms with E-state index in [-0.39, 0.29) is 17.8 Å². The molecule has 0 spiro atoms. The Balaban J connectivity index is 2.57. The molecule has 112 valence electrons. The highest BCUT2D eigenvalue weighted by Crippen LogP contribution is 2.23. The quantitative estimate of drug-likeness (QED) is 0.645. The molecule has 0 unspecified atom stereocenters. The first kappa shape index (κ1) is 16.1. The number of anilines is 1. The Hall–Kier alpha value is -1.96. The Labute approximate surface area is 114 Å². The molecular formula is C12H16F3N3O2. The smallest absolute Gasteiger partial charge is 0.406 e. The number of methoxy groups -OCH3 is 1. The highest BCUT2D eigenvalue weighted by atomic mass is 19.4. The third-order valence-corrected chi connectivity index (χ3v) is 2.28. The van der Waals surface area contributed by atoms with Crippen LogP contribution in [0.1, 0.15) is 6.92 Å². The van der Waals surface area contributed by atoms with Crippen LogP contribution >= 0.6 is 0 Å². The number of guanidine groups is 1. The topological polar surface area (TPSA) is 68.9 Å². The molecule has 1 atom stereocenters. The molecule has 0 aliphatic carbocycles. The summed E-state index contributed by atoms with van der Waals surface area (Å²) in [6, 6.07) is 5.17. The number of nitrogens with two attached hydrogens (primary N) is 1. The maximum absolute atomic E-state index is 12.0. The van der Waals surface area contributed by atoms with Gasteiger partial charge in [0.05, 0.1) is 12.6 Å². The maximum atomic E-state index is 12.0. The molecule has 1 rings (SSSR count). The number of aliphatic imine (C=N–C) groups is 1. The molecule has 20 heavy (non-hydrogen) atoms. The van der Waals surface area contributed by atoms with Crippen LogP contribution in [0.2, 0.25) is 0 Å². The summed E-state index contributed by atoms with van der Waals surface area (Å²) in [6.07, 6.45) is -4.77. The number of nitrogens with one attached hydrogen (secondary N) is 1. The standard InChI is InChI=1S/C12H16F3N3O2/c1-8(19-2)7-17-11(16)18-9-3-5-10(6-4-9)20-12(13,14)15/h3-6,8H,7H2,1-2H3,(H3,16,17,18)/t8-/m1/s1. The number of alkyl halides is 3. The van der Waals surface area contributed by atoms with Crippen LogP contribution in [0.4, 0.5) is 18.9 Å². The van der Waals surface area contributed by atoms with Gasteiger partial charge in [0.1, 0.15) is 5.75 Å². The minimum atomic E-state index is -4.70. The van der Waals surface area contributed by atoms with Gasteiger partial charge in [-0.15, -0.1) is 13.2 Å². The zero-order valence-corrected chi connectivity index (χ0v) is 11.1. The highest BCUT2D eigenvalue weighted by molar-refractivity contribution is 5.92. The minimum absolute atomic E-state index is 0.0714. The highest BCUT2D eigenvalue weighted by Gasteiger charge is 2.30. The largest absolute Gasteiger partial charge is 0.573 e. The molecule has 0 saturated carbocycles. The van der Waals surface area contributed by atoms with Crippen molar-refractivity contribution in [3.8, 4) is 5.75 Å². The number of halogens is 3. The summed E-state index contributed by atoms with van der Waals surface area (Å²) in [6.45, 7) is 2.21. The first-order valence-corrected chi connectivity index (χ1v) is 5.75. The molecule has 5 nitrogen and oxygen atoms in total. The van der Waals surface area contributed by atoms with Crippen LogP contribution in [0, 0.1) is 0 Å². The van der Waals surface area contributed by atoms with E-state index in [4.69, 9.17) is 10.5 Å². The molecule has 3 N–H and O–H groups in total. The molecule has 8 heteroatoms. The fraction of sp³-hybridized carbons (Fsp3) is 0.417. The molecule has 0 radical (unpaired) electrons. The van der Waals surface area contributed by atoms with Gasteiger partial charge in [0.2, 0.25) is 0 Å². The van der Waals surface area contributed by atoms with Gasteiger partial charge in [-0.1, -0.05) is 0 Å². The predicted molar refractivity (Wildman–Crippen MR) is 69.7 cm³/mol.